The van der Waals surface area contributed by atoms with E-state index < -0.39 is 0 Å². The smallest absolute Gasteiger partial charge is 0.0358 e. The fourth-order valence-corrected chi connectivity index (χ4v) is 3.79. The second-order valence-electron chi connectivity index (χ2n) is 7.12. The van der Waals surface area contributed by atoms with E-state index in [1.165, 1.54) is 25.7 Å². The van der Waals surface area contributed by atoms with Gasteiger partial charge in [0.25, 0.3) is 0 Å². The van der Waals surface area contributed by atoms with Gasteiger partial charge in [-0.2, -0.15) is 0 Å². The molecule has 0 saturated heterocycles. The summed E-state index contributed by atoms with van der Waals surface area (Å²) < 4.78 is 0. The van der Waals surface area contributed by atoms with Gasteiger partial charge in [-0.15, -0.1) is 0 Å². The summed E-state index contributed by atoms with van der Waals surface area (Å²) in [7, 11) is 0. The van der Waals surface area contributed by atoms with Crippen molar-refractivity contribution in [2.45, 2.75) is 67.2 Å². The fraction of sp³-hybridized carbons (Fsp3) is 1.00. The lowest BCUT2D eigenvalue weighted by Crippen LogP contribution is -2.32. The maximum Gasteiger partial charge on any atom is -0.0358 e. The number of hydrogen-bond donors (Lipinski definition) is 0. The van der Waals surface area contributed by atoms with Gasteiger partial charge in [0.1, 0.15) is 0 Å². The summed E-state index contributed by atoms with van der Waals surface area (Å²) in [6, 6.07) is 0. The summed E-state index contributed by atoms with van der Waals surface area (Å²) in [5.41, 5.74) is 0. The van der Waals surface area contributed by atoms with Crippen LogP contribution in [0.3, 0.4) is 0 Å². The van der Waals surface area contributed by atoms with Gasteiger partial charge >= 0.3 is 0 Å². The van der Waals surface area contributed by atoms with E-state index in [-0.39, 0.29) is 0 Å². The standard InChI is InChI=1S/C16H32/c1-11(2)9-14-7-8-15(12(3)4)16(10-14)13(5)6/h11-16H,7-10H2,1-6H3. The molecule has 3 atom stereocenters. The van der Waals surface area contributed by atoms with Crippen LogP contribution in [0.2, 0.25) is 0 Å². The zero-order valence-electron chi connectivity index (χ0n) is 12.3. The van der Waals surface area contributed by atoms with Gasteiger partial charge in [-0.3, -0.25) is 0 Å². The van der Waals surface area contributed by atoms with Crippen LogP contribution in [0.15, 0.2) is 0 Å². The summed E-state index contributed by atoms with van der Waals surface area (Å²) >= 11 is 0. The molecule has 96 valence electrons. The third kappa shape index (κ3) is 3.79. The molecular weight excluding hydrogens is 192 g/mol. The SMILES string of the molecule is CC(C)CC1CCC(C(C)C)C(C(C)C)C1. The first kappa shape index (κ1) is 14.1. The van der Waals surface area contributed by atoms with Crippen molar-refractivity contribution in [1.29, 1.82) is 0 Å². The van der Waals surface area contributed by atoms with Crippen molar-refractivity contribution in [3.63, 3.8) is 0 Å². The maximum absolute atomic E-state index is 2.43. The molecule has 1 rings (SSSR count). The van der Waals surface area contributed by atoms with Crippen molar-refractivity contribution < 1.29 is 0 Å². The molecule has 0 heteroatoms. The molecule has 0 spiro atoms. The predicted octanol–water partition coefficient (Wildman–Crippen LogP) is 5.38. The Morgan fingerprint density at radius 3 is 1.81 bits per heavy atom. The zero-order chi connectivity index (χ0) is 12.3. The highest BCUT2D eigenvalue weighted by atomic mass is 14.4. The van der Waals surface area contributed by atoms with E-state index in [1.807, 2.05) is 0 Å². The first-order chi connectivity index (χ1) is 7.41. The highest BCUT2D eigenvalue weighted by molar-refractivity contribution is 4.83. The molecule has 0 aromatic heterocycles. The summed E-state index contributed by atoms with van der Waals surface area (Å²) in [6.07, 6.45) is 5.93. The maximum atomic E-state index is 2.43. The minimum Gasteiger partial charge on any atom is -0.0628 e. The molecule has 0 aromatic rings. The van der Waals surface area contributed by atoms with Crippen LogP contribution in [-0.2, 0) is 0 Å². The van der Waals surface area contributed by atoms with Gasteiger partial charge in [0.15, 0.2) is 0 Å². The third-order valence-corrected chi connectivity index (χ3v) is 4.58. The molecule has 0 radical (unpaired) electrons. The van der Waals surface area contributed by atoms with Crippen LogP contribution in [0.25, 0.3) is 0 Å². The van der Waals surface area contributed by atoms with Gasteiger partial charge in [0, 0.05) is 0 Å². The fourth-order valence-electron chi connectivity index (χ4n) is 3.79. The van der Waals surface area contributed by atoms with E-state index in [2.05, 4.69) is 41.5 Å². The van der Waals surface area contributed by atoms with Gasteiger partial charge in [-0.1, -0.05) is 48.0 Å². The van der Waals surface area contributed by atoms with E-state index in [4.69, 9.17) is 0 Å². The molecular formula is C16H32. The largest absolute Gasteiger partial charge is 0.0628 e. The van der Waals surface area contributed by atoms with E-state index in [0.717, 1.165) is 35.5 Å². The van der Waals surface area contributed by atoms with E-state index >= 15 is 0 Å². The van der Waals surface area contributed by atoms with Crippen molar-refractivity contribution in [3.8, 4) is 0 Å². The van der Waals surface area contributed by atoms with Gasteiger partial charge in [0.2, 0.25) is 0 Å². The normalized spacial score (nSPS) is 31.7. The van der Waals surface area contributed by atoms with Crippen LogP contribution in [0.5, 0.6) is 0 Å². The molecule has 0 heterocycles. The monoisotopic (exact) mass is 224 g/mol. The van der Waals surface area contributed by atoms with Crippen molar-refractivity contribution in [2.24, 2.45) is 35.5 Å². The lowest BCUT2D eigenvalue weighted by Gasteiger charge is -2.41. The van der Waals surface area contributed by atoms with Crippen LogP contribution in [0.4, 0.5) is 0 Å². The Kier molecular flexibility index (Phi) is 5.34. The first-order valence-electron chi connectivity index (χ1n) is 7.41. The Morgan fingerprint density at radius 2 is 1.38 bits per heavy atom. The Morgan fingerprint density at radius 1 is 0.812 bits per heavy atom. The second kappa shape index (κ2) is 6.07. The lowest BCUT2D eigenvalue weighted by atomic mass is 9.65. The highest BCUT2D eigenvalue weighted by Crippen LogP contribution is 2.43. The molecule has 16 heavy (non-hydrogen) atoms. The van der Waals surface area contributed by atoms with Crippen LogP contribution >= 0.6 is 0 Å². The summed E-state index contributed by atoms with van der Waals surface area (Å²) in [5, 5.41) is 0. The zero-order valence-corrected chi connectivity index (χ0v) is 12.3. The van der Waals surface area contributed by atoms with Crippen LogP contribution in [0, 0.1) is 35.5 Å². The van der Waals surface area contributed by atoms with Crippen LogP contribution in [-0.4, -0.2) is 0 Å². The Labute approximate surface area is 103 Å². The third-order valence-electron chi connectivity index (χ3n) is 4.58. The minimum atomic E-state index is 0.877. The summed E-state index contributed by atoms with van der Waals surface area (Å²) in [4.78, 5) is 0. The van der Waals surface area contributed by atoms with Crippen LogP contribution in [0.1, 0.15) is 67.2 Å². The second-order valence-corrected chi connectivity index (χ2v) is 7.12. The molecule has 0 nitrogen and oxygen atoms in total. The number of hydrogen-bond acceptors (Lipinski definition) is 0. The molecule has 1 saturated carbocycles. The highest BCUT2D eigenvalue weighted by Gasteiger charge is 2.33. The summed E-state index contributed by atoms with van der Waals surface area (Å²) in [6.45, 7) is 14.4. The molecule has 0 N–H and O–H groups in total. The van der Waals surface area contributed by atoms with Gasteiger partial charge in [0.05, 0.1) is 0 Å². The average molecular weight is 224 g/mol. The molecule has 0 aliphatic heterocycles. The van der Waals surface area contributed by atoms with E-state index in [9.17, 15) is 0 Å². The Bertz CT molecular complexity index is 190. The Hall–Kier alpha value is 0. The molecule has 0 aromatic carbocycles. The molecule has 3 unspecified atom stereocenters. The quantitative estimate of drug-likeness (QED) is 0.601. The lowest BCUT2D eigenvalue weighted by molar-refractivity contribution is 0.0911. The first-order valence-corrected chi connectivity index (χ1v) is 7.41. The average Bonchev–Trinajstić information content (AvgIpc) is 2.16. The molecule has 1 fully saturated rings. The Balaban J connectivity index is 2.58. The van der Waals surface area contributed by atoms with Gasteiger partial charge in [-0.25, -0.2) is 0 Å². The summed E-state index contributed by atoms with van der Waals surface area (Å²) in [5.74, 6) is 5.63. The molecule has 1 aliphatic carbocycles. The predicted molar refractivity (Wildman–Crippen MR) is 73.5 cm³/mol. The topological polar surface area (TPSA) is 0 Å². The van der Waals surface area contributed by atoms with Crippen molar-refractivity contribution in [3.05, 3.63) is 0 Å². The molecule has 1 aliphatic rings. The van der Waals surface area contributed by atoms with Gasteiger partial charge < -0.3 is 0 Å². The van der Waals surface area contributed by atoms with E-state index in [0.29, 0.717) is 0 Å². The molecule has 0 amide bonds. The van der Waals surface area contributed by atoms with Crippen molar-refractivity contribution in [2.75, 3.05) is 0 Å². The van der Waals surface area contributed by atoms with Crippen molar-refractivity contribution in [1.82, 2.24) is 0 Å². The number of rotatable bonds is 4. The minimum absolute atomic E-state index is 0.877. The molecule has 0 bridgehead atoms. The van der Waals surface area contributed by atoms with E-state index in [1.54, 1.807) is 0 Å². The van der Waals surface area contributed by atoms with Crippen LogP contribution < -0.4 is 0 Å². The van der Waals surface area contributed by atoms with Crippen molar-refractivity contribution >= 4 is 0 Å². The van der Waals surface area contributed by atoms with Gasteiger partial charge in [-0.05, 0) is 54.8 Å².